The number of nitrogens with two attached hydrogens (primary N) is 1. The van der Waals surface area contributed by atoms with Gasteiger partial charge in [-0.1, -0.05) is 0 Å². The predicted octanol–water partition coefficient (Wildman–Crippen LogP) is 0.959. The Bertz CT molecular complexity index is 370. The number of benzene rings is 1. The number of piperidine rings is 1. The molecule has 0 spiro atoms. The molecule has 0 unspecified atom stereocenters. The number of hydrogen-bond acceptors (Lipinski definition) is 4. The fourth-order valence-corrected chi connectivity index (χ4v) is 1.94. The Morgan fingerprint density at radius 1 is 1.29 bits per heavy atom. The molecule has 1 aliphatic heterocycles. The van der Waals surface area contributed by atoms with Gasteiger partial charge in [-0.15, -0.1) is 0 Å². The third-order valence-electron chi connectivity index (χ3n) is 2.95. The second-order valence-electron chi connectivity index (χ2n) is 4.22. The smallest absolute Gasteiger partial charge is 0.176 e. The number of carbonyl (C=O) groups is 1. The van der Waals surface area contributed by atoms with Gasteiger partial charge in [0.1, 0.15) is 11.9 Å². The summed E-state index contributed by atoms with van der Waals surface area (Å²) in [6.07, 6.45) is 2.35. The van der Waals surface area contributed by atoms with E-state index in [9.17, 15) is 4.79 Å². The van der Waals surface area contributed by atoms with Crippen molar-refractivity contribution in [3.8, 4) is 5.75 Å². The number of Topliss-reactive ketones (excluding diaryl/α,β-unsaturated/α-hetero) is 1. The zero-order valence-electron chi connectivity index (χ0n) is 9.82. The van der Waals surface area contributed by atoms with Gasteiger partial charge < -0.3 is 15.8 Å². The second-order valence-corrected chi connectivity index (χ2v) is 4.22. The molecular weight excluding hydrogens is 216 g/mol. The van der Waals surface area contributed by atoms with Gasteiger partial charge in [-0.2, -0.15) is 0 Å². The Kier molecular flexibility index (Phi) is 4.12. The number of carbonyl (C=O) groups excluding carboxylic acids is 1. The molecule has 0 bridgehead atoms. The van der Waals surface area contributed by atoms with Crippen molar-refractivity contribution in [2.75, 3.05) is 19.6 Å². The lowest BCUT2D eigenvalue weighted by atomic mass is 10.1. The largest absolute Gasteiger partial charge is 0.490 e. The minimum Gasteiger partial charge on any atom is -0.490 e. The van der Waals surface area contributed by atoms with E-state index in [4.69, 9.17) is 10.5 Å². The van der Waals surface area contributed by atoms with Gasteiger partial charge >= 0.3 is 0 Å². The number of ketones is 1. The Balaban J connectivity index is 1.95. The van der Waals surface area contributed by atoms with E-state index in [0.29, 0.717) is 5.56 Å². The molecule has 0 aromatic heterocycles. The molecule has 3 N–H and O–H groups in total. The molecule has 0 saturated carbocycles. The topological polar surface area (TPSA) is 64.4 Å². The molecule has 1 saturated heterocycles. The molecule has 2 rings (SSSR count). The highest BCUT2D eigenvalue weighted by molar-refractivity contribution is 5.97. The summed E-state index contributed by atoms with van der Waals surface area (Å²) in [5, 5.41) is 3.29. The summed E-state index contributed by atoms with van der Waals surface area (Å²) in [5.41, 5.74) is 5.95. The first-order chi connectivity index (χ1) is 8.29. The van der Waals surface area contributed by atoms with Crippen molar-refractivity contribution >= 4 is 5.78 Å². The molecule has 17 heavy (non-hydrogen) atoms. The summed E-state index contributed by atoms with van der Waals surface area (Å²) >= 11 is 0. The van der Waals surface area contributed by atoms with E-state index >= 15 is 0 Å². The normalized spacial score (nSPS) is 16.8. The Hall–Kier alpha value is -1.39. The first-order valence-corrected chi connectivity index (χ1v) is 6.00. The average molecular weight is 234 g/mol. The van der Waals surface area contributed by atoms with Gasteiger partial charge in [-0.25, -0.2) is 0 Å². The summed E-state index contributed by atoms with van der Waals surface area (Å²) in [6.45, 7) is 2.07. The molecule has 1 aliphatic rings. The minimum atomic E-state index is -0.0431. The van der Waals surface area contributed by atoms with Crippen LogP contribution < -0.4 is 15.8 Å². The van der Waals surface area contributed by atoms with E-state index in [1.54, 1.807) is 12.1 Å². The van der Waals surface area contributed by atoms with Crippen LogP contribution in [0.2, 0.25) is 0 Å². The monoisotopic (exact) mass is 234 g/mol. The van der Waals surface area contributed by atoms with Crippen LogP contribution in [0, 0.1) is 0 Å². The molecular formula is C13H18N2O2. The molecule has 1 aromatic carbocycles. The van der Waals surface area contributed by atoms with Gasteiger partial charge in [0.05, 0.1) is 6.54 Å². The van der Waals surface area contributed by atoms with Crippen LogP contribution in [0.3, 0.4) is 0 Å². The van der Waals surface area contributed by atoms with Crippen LogP contribution in [-0.2, 0) is 0 Å². The SMILES string of the molecule is NCC(=O)c1ccc(OC2CCNCC2)cc1. The highest BCUT2D eigenvalue weighted by atomic mass is 16.5. The lowest BCUT2D eigenvalue weighted by Gasteiger charge is -2.23. The first kappa shape index (κ1) is 12.1. The molecule has 0 amide bonds. The molecule has 4 nitrogen and oxygen atoms in total. The Morgan fingerprint density at radius 2 is 1.94 bits per heavy atom. The number of ether oxygens (including phenoxy) is 1. The van der Waals surface area contributed by atoms with E-state index < -0.39 is 0 Å². The van der Waals surface area contributed by atoms with Gasteiger partial charge in [0.15, 0.2) is 5.78 Å². The first-order valence-electron chi connectivity index (χ1n) is 6.00. The lowest BCUT2D eigenvalue weighted by Crippen LogP contribution is -2.34. The highest BCUT2D eigenvalue weighted by Crippen LogP contribution is 2.17. The molecule has 1 aromatic rings. The Labute approximate surface area is 101 Å². The third kappa shape index (κ3) is 3.28. The van der Waals surface area contributed by atoms with Crippen molar-refractivity contribution in [3.63, 3.8) is 0 Å². The highest BCUT2D eigenvalue weighted by Gasteiger charge is 2.14. The quantitative estimate of drug-likeness (QED) is 0.762. The molecule has 4 heteroatoms. The fraction of sp³-hybridized carbons (Fsp3) is 0.462. The van der Waals surface area contributed by atoms with Gasteiger partial charge in [0, 0.05) is 5.56 Å². The van der Waals surface area contributed by atoms with Gasteiger partial charge in [0.25, 0.3) is 0 Å². The van der Waals surface area contributed by atoms with Crippen molar-refractivity contribution in [3.05, 3.63) is 29.8 Å². The molecule has 1 fully saturated rings. The maximum absolute atomic E-state index is 11.3. The molecule has 1 heterocycles. The van der Waals surface area contributed by atoms with E-state index in [-0.39, 0.29) is 18.4 Å². The summed E-state index contributed by atoms with van der Waals surface area (Å²) in [6, 6.07) is 7.22. The van der Waals surface area contributed by atoms with Crippen LogP contribution in [0.4, 0.5) is 0 Å². The van der Waals surface area contributed by atoms with Crippen LogP contribution in [-0.4, -0.2) is 31.5 Å². The average Bonchev–Trinajstić information content (AvgIpc) is 2.40. The third-order valence-corrected chi connectivity index (χ3v) is 2.95. The number of hydrogen-bond donors (Lipinski definition) is 2. The number of rotatable bonds is 4. The van der Waals surface area contributed by atoms with Crippen LogP contribution in [0.25, 0.3) is 0 Å². The van der Waals surface area contributed by atoms with Crippen LogP contribution in [0.15, 0.2) is 24.3 Å². The summed E-state index contributed by atoms with van der Waals surface area (Å²) in [4.78, 5) is 11.3. The van der Waals surface area contributed by atoms with Crippen LogP contribution >= 0.6 is 0 Å². The maximum atomic E-state index is 11.3. The van der Waals surface area contributed by atoms with Crippen LogP contribution in [0.1, 0.15) is 23.2 Å². The molecule has 0 radical (unpaired) electrons. The lowest BCUT2D eigenvalue weighted by molar-refractivity contribution is 0.100. The zero-order chi connectivity index (χ0) is 12.1. The molecule has 0 aliphatic carbocycles. The minimum absolute atomic E-state index is 0.0431. The standard InChI is InChI=1S/C13H18N2O2/c14-9-13(16)10-1-3-11(4-2-10)17-12-5-7-15-8-6-12/h1-4,12,15H,5-9,14H2. The van der Waals surface area contributed by atoms with E-state index in [2.05, 4.69) is 5.32 Å². The molecule has 0 atom stereocenters. The van der Waals surface area contributed by atoms with Gasteiger partial charge in [-0.05, 0) is 50.2 Å². The van der Waals surface area contributed by atoms with Crippen molar-refractivity contribution < 1.29 is 9.53 Å². The maximum Gasteiger partial charge on any atom is 0.176 e. The number of nitrogens with one attached hydrogen (secondary N) is 1. The fourth-order valence-electron chi connectivity index (χ4n) is 1.94. The van der Waals surface area contributed by atoms with E-state index in [1.165, 1.54) is 0 Å². The van der Waals surface area contributed by atoms with Crippen molar-refractivity contribution in [2.45, 2.75) is 18.9 Å². The van der Waals surface area contributed by atoms with Crippen molar-refractivity contribution in [1.82, 2.24) is 5.32 Å². The Morgan fingerprint density at radius 3 is 2.53 bits per heavy atom. The summed E-state index contributed by atoms with van der Waals surface area (Å²) in [5.74, 6) is 0.781. The predicted molar refractivity (Wildman–Crippen MR) is 66.3 cm³/mol. The van der Waals surface area contributed by atoms with E-state index in [1.807, 2.05) is 12.1 Å². The molecule has 92 valence electrons. The summed E-state index contributed by atoms with van der Waals surface area (Å²) in [7, 11) is 0. The van der Waals surface area contributed by atoms with Crippen molar-refractivity contribution in [1.29, 1.82) is 0 Å². The summed E-state index contributed by atoms with van der Waals surface area (Å²) < 4.78 is 5.84. The van der Waals surface area contributed by atoms with E-state index in [0.717, 1.165) is 31.7 Å². The van der Waals surface area contributed by atoms with Gasteiger partial charge in [-0.3, -0.25) is 4.79 Å². The van der Waals surface area contributed by atoms with Crippen LogP contribution in [0.5, 0.6) is 5.75 Å². The zero-order valence-corrected chi connectivity index (χ0v) is 9.82. The van der Waals surface area contributed by atoms with Gasteiger partial charge in [0.2, 0.25) is 0 Å². The van der Waals surface area contributed by atoms with Crippen molar-refractivity contribution in [2.24, 2.45) is 5.73 Å². The second kappa shape index (κ2) is 5.80.